The summed E-state index contributed by atoms with van der Waals surface area (Å²) in [6, 6.07) is 3.58. The van der Waals surface area contributed by atoms with Gasteiger partial charge in [-0.05, 0) is 31.2 Å². The number of ether oxygens (including phenoxy) is 1. The first-order valence-electron chi connectivity index (χ1n) is 5.19. The van der Waals surface area contributed by atoms with Gasteiger partial charge in [0.05, 0.1) is 23.2 Å². The van der Waals surface area contributed by atoms with E-state index < -0.39 is 0 Å². The molecule has 0 saturated carbocycles. The zero-order chi connectivity index (χ0) is 12.1. The Morgan fingerprint density at radius 1 is 1.41 bits per heavy atom. The van der Waals surface area contributed by atoms with Gasteiger partial charge in [0.1, 0.15) is 6.26 Å². The lowest BCUT2D eigenvalue weighted by molar-refractivity contribution is -0.112. The van der Waals surface area contributed by atoms with Crippen LogP contribution in [0.4, 0.5) is 5.69 Å². The fourth-order valence-electron chi connectivity index (χ4n) is 1.34. The highest BCUT2D eigenvalue weighted by molar-refractivity contribution is 6.05. The number of rotatable bonds is 2. The molecule has 0 unspecified atom stereocenters. The minimum Gasteiger partial charge on any atom is -0.472 e. The standard InChI is InChI=1S/C13H12N2O2/c1-10-12(6-4-7-14-10)15-13(16)11-5-2-3-8-17-9-11/h2-9H,1H3,(H,15,16). The molecule has 0 aliphatic carbocycles. The van der Waals surface area contributed by atoms with Crippen molar-refractivity contribution >= 4 is 11.6 Å². The van der Waals surface area contributed by atoms with E-state index in [1.54, 1.807) is 36.6 Å². The number of hydrogen-bond acceptors (Lipinski definition) is 3. The molecule has 0 bridgehead atoms. The molecule has 86 valence electrons. The summed E-state index contributed by atoms with van der Waals surface area (Å²) < 4.78 is 5.01. The highest BCUT2D eigenvalue weighted by Crippen LogP contribution is 2.13. The molecule has 0 aromatic carbocycles. The van der Waals surface area contributed by atoms with Crippen molar-refractivity contribution in [2.24, 2.45) is 0 Å². The summed E-state index contributed by atoms with van der Waals surface area (Å²) in [5, 5.41) is 2.78. The number of aryl methyl sites for hydroxylation is 1. The number of nitrogens with zero attached hydrogens (tertiary/aromatic N) is 1. The maximum Gasteiger partial charge on any atom is 0.258 e. The molecule has 4 nitrogen and oxygen atoms in total. The molecule has 17 heavy (non-hydrogen) atoms. The van der Waals surface area contributed by atoms with E-state index in [4.69, 9.17) is 4.74 Å². The van der Waals surface area contributed by atoms with E-state index in [-0.39, 0.29) is 5.91 Å². The predicted octanol–water partition coefficient (Wildman–Crippen LogP) is 2.31. The molecule has 0 fully saturated rings. The summed E-state index contributed by atoms with van der Waals surface area (Å²) in [5.41, 5.74) is 1.93. The average molecular weight is 228 g/mol. The zero-order valence-corrected chi connectivity index (χ0v) is 9.38. The number of allylic oxidation sites excluding steroid dienone is 2. The lowest BCUT2D eigenvalue weighted by atomic mass is 10.2. The van der Waals surface area contributed by atoms with Gasteiger partial charge in [-0.15, -0.1) is 0 Å². The van der Waals surface area contributed by atoms with E-state index in [1.165, 1.54) is 12.5 Å². The van der Waals surface area contributed by atoms with Crippen LogP contribution in [0.1, 0.15) is 5.69 Å². The topological polar surface area (TPSA) is 51.2 Å². The van der Waals surface area contributed by atoms with Gasteiger partial charge in [0.2, 0.25) is 0 Å². The Morgan fingerprint density at radius 2 is 2.29 bits per heavy atom. The van der Waals surface area contributed by atoms with Crippen molar-refractivity contribution in [3.05, 3.63) is 60.3 Å². The molecule has 2 rings (SSSR count). The number of carbonyl (C=O) groups excluding carboxylic acids is 1. The number of nitrogens with one attached hydrogen (secondary N) is 1. The third kappa shape index (κ3) is 2.81. The van der Waals surface area contributed by atoms with Crippen LogP contribution in [0.3, 0.4) is 0 Å². The molecule has 4 heteroatoms. The maximum absolute atomic E-state index is 11.9. The number of hydrogen-bond donors (Lipinski definition) is 1. The van der Waals surface area contributed by atoms with Crippen LogP contribution in [0, 0.1) is 6.92 Å². The number of pyridine rings is 1. The molecule has 1 aromatic heterocycles. The lowest BCUT2D eigenvalue weighted by Gasteiger charge is -2.07. The molecule has 1 amide bonds. The first-order valence-corrected chi connectivity index (χ1v) is 5.19. The molecule has 1 aromatic rings. The summed E-state index contributed by atoms with van der Waals surface area (Å²) in [7, 11) is 0. The predicted molar refractivity (Wildman–Crippen MR) is 65.1 cm³/mol. The highest BCUT2D eigenvalue weighted by atomic mass is 16.5. The smallest absolute Gasteiger partial charge is 0.258 e. The zero-order valence-electron chi connectivity index (χ0n) is 9.38. The van der Waals surface area contributed by atoms with E-state index in [9.17, 15) is 4.79 Å². The third-order valence-corrected chi connectivity index (χ3v) is 2.26. The van der Waals surface area contributed by atoms with Gasteiger partial charge in [-0.2, -0.15) is 0 Å². The minimum atomic E-state index is -0.221. The first kappa shape index (κ1) is 11.1. The Hall–Kier alpha value is -2.36. The van der Waals surface area contributed by atoms with Crippen molar-refractivity contribution in [1.82, 2.24) is 4.98 Å². The van der Waals surface area contributed by atoms with Crippen molar-refractivity contribution in [2.75, 3.05) is 5.32 Å². The van der Waals surface area contributed by atoms with E-state index in [0.717, 1.165) is 5.69 Å². The average Bonchev–Trinajstić information content (AvgIpc) is 2.61. The Morgan fingerprint density at radius 3 is 3.12 bits per heavy atom. The van der Waals surface area contributed by atoms with Crippen LogP contribution in [0.2, 0.25) is 0 Å². The van der Waals surface area contributed by atoms with Crippen LogP contribution in [0.15, 0.2) is 54.7 Å². The second kappa shape index (κ2) is 5.12. The van der Waals surface area contributed by atoms with Crippen LogP contribution in [-0.2, 0) is 9.53 Å². The first-order chi connectivity index (χ1) is 8.27. The quantitative estimate of drug-likeness (QED) is 0.845. The fraction of sp³-hybridized carbons (Fsp3) is 0.0769. The second-order valence-corrected chi connectivity index (χ2v) is 3.49. The highest BCUT2D eigenvalue weighted by Gasteiger charge is 2.09. The van der Waals surface area contributed by atoms with Gasteiger partial charge >= 0.3 is 0 Å². The normalized spacial score (nSPS) is 13.6. The maximum atomic E-state index is 11.9. The molecular weight excluding hydrogens is 216 g/mol. The number of anilines is 1. The second-order valence-electron chi connectivity index (χ2n) is 3.49. The number of amides is 1. The summed E-state index contributed by atoms with van der Waals surface area (Å²) in [5.74, 6) is -0.221. The van der Waals surface area contributed by atoms with E-state index >= 15 is 0 Å². The molecule has 0 spiro atoms. The van der Waals surface area contributed by atoms with Crippen molar-refractivity contribution in [3.63, 3.8) is 0 Å². The molecule has 0 saturated heterocycles. The van der Waals surface area contributed by atoms with Crippen molar-refractivity contribution < 1.29 is 9.53 Å². The van der Waals surface area contributed by atoms with Gasteiger partial charge in [-0.1, -0.05) is 6.08 Å². The van der Waals surface area contributed by atoms with E-state index in [2.05, 4.69) is 10.3 Å². The van der Waals surface area contributed by atoms with Gasteiger partial charge in [-0.3, -0.25) is 9.78 Å². The summed E-state index contributed by atoms with van der Waals surface area (Å²) >= 11 is 0. The summed E-state index contributed by atoms with van der Waals surface area (Å²) in [6.07, 6.45) is 9.74. The van der Waals surface area contributed by atoms with E-state index in [0.29, 0.717) is 11.3 Å². The van der Waals surface area contributed by atoms with Crippen molar-refractivity contribution in [1.29, 1.82) is 0 Å². The number of aromatic nitrogens is 1. The Labute approximate surface area is 99.3 Å². The SMILES string of the molecule is Cc1ncccc1NC(=O)C1=COC=CC=C1. The largest absolute Gasteiger partial charge is 0.472 e. The van der Waals surface area contributed by atoms with Gasteiger partial charge < -0.3 is 10.1 Å². The van der Waals surface area contributed by atoms with Gasteiger partial charge in [0, 0.05) is 6.20 Å². The molecule has 1 aliphatic rings. The molecule has 2 heterocycles. The molecule has 1 N–H and O–H groups in total. The minimum absolute atomic E-state index is 0.221. The molecule has 0 radical (unpaired) electrons. The molecule has 0 atom stereocenters. The van der Waals surface area contributed by atoms with Crippen LogP contribution in [0.25, 0.3) is 0 Å². The lowest BCUT2D eigenvalue weighted by Crippen LogP contribution is -2.14. The summed E-state index contributed by atoms with van der Waals surface area (Å²) in [6.45, 7) is 1.84. The monoisotopic (exact) mass is 228 g/mol. The Kier molecular flexibility index (Phi) is 3.35. The third-order valence-electron chi connectivity index (χ3n) is 2.26. The van der Waals surface area contributed by atoms with E-state index in [1.807, 2.05) is 6.92 Å². The summed E-state index contributed by atoms with van der Waals surface area (Å²) in [4.78, 5) is 16.0. The van der Waals surface area contributed by atoms with Crippen LogP contribution < -0.4 is 5.32 Å². The van der Waals surface area contributed by atoms with Gasteiger partial charge in [0.25, 0.3) is 5.91 Å². The Bertz CT molecular complexity index is 516. The van der Waals surface area contributed by atoms with Crippen molar-refractivity contribution in [3.8, 4) is 0 Å². The van der Waals surface area contributed by atoms with Gasteiger partial charge in [-0.25, -0.2) is 0 Å². The van der Waals surface area contributed by atoms with Crippen LogP contribution in [-0.4, -0.2) is 10.9 Å². The number of carbonyl (C=O) groups is 1. The van der Waals surface area contributed by atoms with Crippen LogP contribution >= 0.6 is 0 Å². The van der Waals surface area contributed by atoms with Gasteiger partial charge in [0.15, 0.2) is 0 Å². The van der Waals surface area contributed by atoms with Crippen molar-refractivity contribution in [2.45, 2.75) is 6.92 Å². The fourth-order valence-corrected chi connectivity index (χ4v) is 1.34. The molecule has 1 aliphatic heterocycles. The molecular formula is C13H12N2O2. The van der Waals surface area contributed by atoms with Crippen LogP contribution in [0.5, 0.6) is 0 Å². The Balaban J connectivity index is 2.12.